The predicted octanol–water partition coefficient (Wildman–Crippen LogP) is 1.78. The van der Waals surface area contributed by atoms with Crippen molar-refractivity contribution in [1.82, 2.24) is 14.8 Å². The second kappa shape index (κ2) is 3.92. The van der Waals surface area contributed by atoms with Crippen molar-refractivity contribution in [2.45, 2.75) is 18.8 Å². The Hall–Kier alpha value is -1.75. The van der Waals surface area contributed by atoms with Crippen molar-refractivity contribution < 1.29 is 0 Å². The summed E-state index contributed by atoms with van der Waals surface area (Å²) in [5.41, 5.74) is 7.46. The number of thiocarbonyl (C=S) groups is 1. The van der Waals surface area contributed by atoms with Crippen LogP contribution < -0.4 is 5.73 Å². The van der Waals surface area contributed by atoms with Gasteiger partial charge in [0.25, 0.3) is 0 Å². The van der Waals surface area contributed by atoms with Gasteiger partial charge in [0.2, 0.25) is 0 Å². The molecule has 17 heavy (non-hydrogen) atoms. The summed E-state index contributed by atoms with van der Waals surface area (Å²) < 4.78 is 1.79. The summed E-state index contributed by atoms with van der Waals surface area (Å²) in [6.45, 7) is 0. The summed E-state index contributed by atoms with van der Waals surface area (Å²) in [6, 6.07) is 5.79. The van der Waals surface area contributed by atoms with Gasteiger partial charge < -0.3 is 5.73 Å². The van der Waals surface area contributed by atoms with E-state index in [9.17, 15) is 0 Å². The van der Waals surface area contributed by atoms with Gasteiger partial charge in [-0.1, -0.05) is 12.2 Å². The van der Waals surface area contributed by atoms with Crippen LogP contribution in [-0.4, -0.2) is 19.8 Å². The summed E-state index contributed by atoms with van der Waals surface area (Å²) in [5, 5.41) is 4.51. The van der Waals surface area contributed by atoms with E-state index in [2.05, 4.69) is 16.1 Å². The first-order valence-electron chi connectivity index (χ1n) is 5.56. The summed E-state index contributed by atoms with van der Waals surface area (Å²) >= 11 is 4.88. The maximum Gasteiger partial charge on any atom is 0.153 e. The molecule has 1 aliphatic rings. The molecule has 0 saturated heterocycles. The molecule has 4 nitrogen and oxygen atoms in total. The van der Waals surface area contributed by atoms with Gasteiger partial charge in [0, 0.05) is 23.9 Å². The summed E-state index contributed by atoms with van der Waals surface area (Å²) in [6.07, 6.45) is 6.13. The van der Waals surface area contributed by atoms with Crippen LogP contribution in [0.1, 0.15) is 30.0 Å². The van der Waals surface area contributed by atoms with Crippen molar-refractivity contribution >= 4 is 17.2 Å². The van der Waals surface area contributed by atoms with Gasteiger partial charge in [0.05, 0.1) is 5.69 Å². The molecule has 5 heteroatoms. The van der Waals surface area contributed by atoms with Crippen LogP contribution in [-0.2, 0) is 0 Å². The number of aromatic nitrogens is 3. The van der Waals surface area contributed by atoms with Crippen LogP contribution in [0.2, 0.25) is 0 Å². The van der Waals surface area contributed by atoms with Gasteiger partial charge in [-0.05, 0) is 31.0 Å². The van der Waals surface area contributed by atoms with Gasteiger partial charge in [-0.3, -0.25) is 0 Å². The zero-order valence-electron chi connectivity index (χ0n) is 9.21. The summed E-state index contributed by atoms with van der Waals surface area (Å²) in [7, 11) is 0. The first-order valence-corrected chi connectivity index (χ1v) is 5.96. The van der Waals surface area contributed by atoms with Crippen molar-refractivity contribution in [1.29, 1.82) is 0 Å². The third-order valence-electron chi connectivity index (χ3n) is 2.87. The standard InChI is InChI=1S/C12H12N4S/c13-12(17)9-3-4-11(14-7-9)16-6-5-10(15-16)8-1-2-8/h3-8H,1-2H2,(H2,13,17). The molecule has 3 rings (SSSR count). The lowest BCUT2D eigenvalue weighted by Crippen LogP contribution is -2.10. The van der Waals surface area contributed by atoms with E-state index in [1.54, 1.807) is 10.9 Å². The van der Waals surface area contributed by atoms with E-state index in [0.717, 1.165) is 17.1 Å². The number of rotatable bonds is 3. The van der Waals surface area contributed by atoms with E-state index < -0.39 is 0 Å². The lowest BCUT2D eigenvalue weighted by atomic mass is 10.3. The fourth-order valence-electron chi connectivity index (χ4n) is 1.73. The van der Waals surface area contributed by atoms with Crippen LogP contribution in [0.4, 0.5) is 0 Å². The van der Waals surface area contributed by atoms with E-state index in [0.29, 0.717) is 10.9 Å². The Balaban J connectivity index is 1.89. The van der Waals surface area contributed by atoms with Crippen molar-refractivity contribution in [2.24, 2.45) is 5.73 Å². The van der Waals surface area contributed by atoms with Gasteiger partial charge in [-0.2, -0.15) is 5.10 Å². The van der Waals surface area contributed by atoms with Crippen molar-refractivity contribution in [2.75, 3.05) is 0 Å². The third kappa shape index (κ3) is 2.06. The maximum atomic E-state index is 5.52. The molecule has 1 saturated carbocycles. The lowest BCUT2D eigenvalue weighted by molar-refractivity contribution is 0.812. The van der Waals surface area contributed by atoms with Crippen LogP contribution in [0.5, 0.6) is 0 Å². The van der Waals surface area contributed by atoms with Gasteiger partial charge in [-0.25, -0.2) is 9.67 Å². The molecule has 2 aromatic rings. The van der Waals surface area contributed by atoms with Crippen LogP contribution >= 0.6 is 12.2 Å². The first kappa shape index (κ1) is 10.4. The number of nitrogens with two attached hydrogens (primary N) is 1. The van der Waals surface area contributed by atoms with E-state index >= 15 is 0 Å². The average molecular weight is 244 g/mol. The van der Waals surface area contributed by atoms with E-state index in [-0.39, 0.29) is 0 Å². The fourth-order valence-corrected chi connectivity index (χ4v) is 1.85. The fraction of sp³-hybridized carbons (Fsp3) is 0.250. The monoisotopic (exact) mass is 244 g/mol. The Bertz CT molecular complexity index is 554. The Kier molecular flexibility index (Phi) is 2.40. The smallest absolute Gasteiger partial charge is 0.153 e. The highest BCUT2D eigenvalue weighted by Gasteiger charge is 2.25. The molecule has 0 bridgehead atoms. The summed E-state index contributed by atoms with van der Waals surface area (Å²) in [5.74, 6) is 1.45. The second-order valence-corrected chi connectivity index (χ2v) is 4.67. The first-order chi connectivity index (χ1) is 8.24. The third-order valence-corrected chi connectivity index (χ3v) is 3.11. The van der Waals surface area contributed by atoms with Crippen molar-refractivity contribution in [3.05, 3.63) is 41.9 Å². The molecule has 0 unspecified atom stereocenters. The van der Waals surface area contributed by atoms with Crippen molar-refractivity contribution in [3.63, 3.8) is 0 Å². The molecule has 0 atom stereocenters. The molecule has 1 fully saturated rings. The Morgan fingerprint density at radius 2 is 2.18 bits per heavy atom. The molecule has 2 heterocycles. The SMILES string of the molecule is NC(=S)c1ccc(-n2ccc(C3CC3)n2)nc1. The molecule has 0 spiro atoms. The van der Waals surface area contributed by atoms with Crippen LogP contribution in [0.25, 0.3) is 5.82 Å². The Morgan fingerprint density at radius 3 is 2.76 bits per heavy atom. The maximum absolute atomic E-state index is 5.52. The largest absolute Gasteiger partial charge is 0.389 e. The number of hydrogen-bond acceptors (Lipinski definition) is 3. The van der Waals surface area contributed by atoms with E-state index in [1.807, 2.05) is 18.3 Å². The lowest BCUT2D eigenvalue weighted by Gasteiger charge is -2.01. The predicted molar refractivity (Wildman–Crippen MR) is 69.2 cm³/mol. The molecular formula is C12H12N4S. The molecule has 86 valence electrons. The van der Waals surface area contributed by atoms with Crippen LogP contribution in [0, 0.1) is 0 Å². The highest BCUT2D eigenvalue weighted by Crippen LogP contribution is 2.38. The minimum absolute atomic E-state index is 0.364. The normalized spacial score (nSPS) is 14.8. The molecule has 2 aromatic heterocycles. The second-order valence-electron chi connectivity index (χ2n) is 4.23. The number of nitrogens with zero attached hydrogens (tertiary/aromatic N) is 3. The van der Waals surface area contributed by atoms with Crippen LogP contribution in [0.15, 0.2) is 30.6 Å². The van der Waals surface area contributed by atoms with E-state index in [1.165, 1.54) is 12.8 Å². The zero-order valence-corrected chi connectivity index (χ0v) is 10.0. The van der Waals surface area contributed by atoms with E-state index in [4.69, 9.17) is 18.0 Å². The van der Waals surface area contributed by atoms with Crippen LogP contribution in [0.3, 0.4) is 0 Å². The molecule has 0 aliphatic heterocycles. The van der Waals surface area contributed by atoms with Gasteiger partial charge >= 0.3 is 0 Å². The van der Waals surface area contributed by atoms with Gasteiger partial charge in [0.15, 0.2) is 5.82 Å². The molecule has 0 aromatic carbocycles. The summed E-state index contributed by atoms with van der Waals surface area (Å²) in [4.78, 5) is 4.66. The average Bonchev–Trinajstić information content (AvgIpc) is 3.07. The minimum Gasteiger partial charge on any atom is -0.389 e. The van der Waals surface area contributed by atoms with Gasteiger partial charge in [-0.15, -0.1) is 0 Å². The quantitative estimate of drug-likeness (QED) is 0.836. The molecule has 1 aliphatic carbocycles. The molecule has 0 radical (unpaired) electrons. The Morgan fingerprint density at radius 1 is 1.35 bits per heavy atom. The molecule has 0 amide bonds. The molecular weight excluding hydrogens is 232 g/mol. The molecule has 2 N–H and O–H groups in total. The number of pyridine rings is 1. The van der Waals surface area contributed by atoms with Gasteiger partial charge in [0.1, 0.15) is 4.99 Å². The highest BCUT2D eigenvalue weighted by atomic mass is 32.1. The Labute approximate surface area is 104 Å². The topological polar surface area (TPSA) is 56.7 Å². The minimum atomic E-state index is 0.364. The van der Waals surface area contributed by atoms with Crippen molar-refractivity contribution in [3.8, 4) is 5.82 Å². The highest BCUT2D eigenvalue weighted by molar-refractivity contribution is 7.80. The zero-order chi connectivity index (χ0) is 11.8. The number of hydrogen-bond donors (Lipinski definition) is 1.